The zero-order valence-corrected chi connectivity index (χ0v) is 20.9. The summed E-state index contributed by atoms with van der Waals surface area (Å²) in [6.07, 6.45) is 1.87. The van der Waals surface area contributed by atoms with E-state index in [4.69, 9.17) is 0 Å². The molecular weight excluding hydrogens is 452 g/mol. The van der Waals surface area contributed by atoms with Gasteiger partial charge in [-0.1, -0.05) is 29.8 Å². The molecule has 2 aromatic rings. The number of aryl methyl sites for hydroxylation is 3. The van der Waals surface area contributed by atoms with E-state index >= 15 is 0 Å². The van der Waals surface area contributed by atoms with Crippen LogP contribution in [0, 0.1) is 26.7 Å². The van der Waals surface area contributed by atoms with Crippen LogP contribution in [0.25, 0.3) is 0 Å². The lowest BCUT2D eigenvalue weighted by atomic mass is 9.98. The molecule has 2 aromatic carbocycles. The van der Waals surface area contributed by atoms with Crippen LogP contribution >= 0.6 is 0 Å². The number of nitrogens with one attached hydrogen (secondary N) is 3. The Morgan fingerprint density at radius 1 is 1.03 bits per heavy atom. The maximum absolute atomic E-state index is 12.7. The standard InChI is InChI=1S/C25H34N4O4S/c1-18-7-10-22(11-8-18)28-25(31)26-16-21-5-4-14-29(17-21)24(30)12-13-27-34(32,33)23-15-19(2)6-9-20(23)3/h6-11,15,21,27H,4-5,12-14,16-17H2,1-3H3,(H2,26,28,31). The van der Waals surface area contributed by atoms with Crippen molar-refractivity contribution in [3.63, 3.8) is 0 Å². The monoisotopic (exact) mass is 486 g/mol. The van der Waals surface area contributed by atoms with Crippen LogP contribution in [0.4, 0.5) is 10.5 Å². The largest absolute Gasteiger partial charge is 0.342 e. The van der Waals surface area contributed by atoms with Crippen LogP contribution in [0.2, 0.25) is 0 Å². The summed E-state index contributed by atoms with van der Waals surface area (Å²) in [7, 11) is -3.67. The molecule has 1 unspecified atom stereocenters. The number of likely N-dealkylation sites (tertiary alicyclic amines) is 1. The summed E-state index contributed by atoms with van der Waals surface area (Å²) in [5, 5.41) is 5.70. The SMILES string of the molecule is Cc1ccc(NC(=O)NCC2CCCN(C(=O)CCNS(=O)(=O)c3cc(C)ccc3C)C2)cc1. The first-order valence-corrected chi connectivity index (χ1v) is 13.1. The first-order chi connectivity index (χ1) is 16.1. The van der Waals surface area contributed by atoms with Crippen molar-refractivity contribution in [1.29, 1.82) is 0 Å². The summed E-state index contributed by atoms with van der Waals surface area (Å²) in [5.41, 5.74) is 3.38. The van der Waals surface area contributed by atoms with Gasteiger partial charge < -0.3 is 15.5 Å². The first kappa shape index (κ1) is 25.7. The van der Waals surface area contributed by atoms with Crippen molar-refractivity contribution in [2.24, 2.45) is 5.92 Å². The minimum Gasteiger partial charge on any atom is -0.342 e. The zero-order chi connectivity index (χ0) is 24.7. The second-order valence-electron chi connectivity index (χ2n) is 8.97. The molecule has 0 aliphatic carbocycles. The maximum Gasteiger partial charge on any atom is 0.319 e. The third kappa shape index (κ3) is 7.30. The van der Waals surface area contributed by atoms with Gasteiger partial charge in [-0.05, 0) is 68.9 Å². The molecule has 1 aliphatic heterocycles. The predicted octanol–water partition coefficient (Wildman–Crippen LogP) is 3.34. The number of piperidine rings is 1. The topological polar surface area (TPSA) is 108 Å². The van der Waals surface area contributed by atoms with Crippen molar-refractivity contribution in [3.8, 4) is 0 Å². The summed E-state index contributed by atoms with van der Waals surface area (Å²) >= 11 is 0. The van der Waals surface area contributed by atoms with E-state index < -0.39 is 10.0 Å². The normalized spacial score (nSPS) is 16.2. The molecule has 0 bridgehead atoms. The molecule has 3 rings (SSSR count). The summed E-state index contributed by atoms with van der Waals surface area (Å²) in [5.74, 6) is 0.0746. The Kier molecular flexibility index (Phi) is 8.68. The molecule has 0 aromatic heterocycles. The lowest BCUT2D eigenvalue weighted by Crippen LogP contribution is -2.45. The van der Waals surface area contributed by atoms with Gasteiger partial charge in [0.2, 0.25) is 15.9 Å². The van der Waals surface area contributed by atoms with Crippen LogP contribution in [0.15, 0.2) is 47.4 Å². The van der Waals surface area contributed by atoms with E-state index in [1.807, 2.05) is 44.2 Å². The van der Waals surface area contributed by atoms with Crippen LogP contribution in [0.5, 0.6) is 0 Å². The number of benzene rings is 2. The summed E-state index contributed by atoms with van der Waals surface area (Å²) < 4.78 is 27.8. The number of carbonyl (C=O) groups is 2. The van der Waals surface area contributed by atoms with Crippen LogP contribution in [0.1, 0.15) is 36.0 Å². The van der Waals surface area contributed by atoms with E-state index in [1.165, 1.54) is 0 Å². The van der Waals surface area contributed by atoms with Gasteiger partial charge in [0.25, 0.3) is 0 Å². The lowest BCUT2D eigenvalue weighted by Gasteiger charge is -2.33. The number of anilines is 1. The minimum atomic E-state index is -3.67. The van der Waals surface area contributed by atoms with Crippen molar-refractivity contribution in [3.05, 3.63) is 59.2 Å². The lowest BCUT2D eigenvalue weighted by molar-refractivity contribution is -0.132. The Morgan fingerprint density at radius 3 is 2.47 bits per heavy atom. The number of urea groups is 1. The number of carbonyl (C=O) groups excluding carboxylic acids is 2. The molecule has 1 aliphatic rings. The minimum absolute atomic E-state index is 0.0485. The molecule has 184 valence electrons. The van der Waals surface area contributed by atoms with Gasteiger partial charge in [0, 0.05) is 38.3 Å². The molecule has 1 heterocycles. The van der Waals surface area contributed by atoms with E-state index in [9.17, 15) is 18.0 Å². The van der Waals surface area contributed by atoms with Crippen LogP contribution in [-0.2, 0) is 14.8 Å². The highest BCUT2D eigenvalue weighted by molar-refractivity contribution is 7.89. The molecule has 1 saturated heterocycles. The van der Waals surface area contributed by atoms with Crippen LogP contribution in [-0.4, -0.2) is 51.4 Å². The Balaban J connectivity index is 1.43. The van der Waals surface area contributed by atoms with Gasteiger partial charge in [0.05, 0.1) is 4.90 Å². The highest BCUT2D eigenvalue weighted by Crippen LogP contribution is 2.18. The fourth-order valence-electron chi connectivity index (χ4n) is 4.03. The molecule has 0 spiro atoms. The third-order valence-electron chi connectivity index (χ3n) is 6.00. The highest BCUT2D eigenvalue weighted by Gasteiger charge is 2.24. The van der Waals surface area contributed by atoms with E-state index in [-0.39, 0.29) is 35.7 Å². The van der Waals surface area contributed by atoms with Crippen molar-refractivity contribution in [2.75, 3.05) is 31.5 Å². The number of sulfonamides is 1. The Morgan fingerprint density at radius 2 is 1.74 bits per heavy atom. The summed E-state index contributed by atoms with van der Waals surface area (Å²) in [6.45, 7) is 7.30. The zero-order valence-electron chi connectivity index (χ0n) is 20.1. The summed E-state index contributed by atoms with van der Waals surface area (Å²) in [4.78, 5) is 26.9. The number of rotatable bonds is 8. The molecule has 8 nitrogen and oxygen atoms in total. The number of amides is 3. The second kappa shape index (κ2) is 11.5. The third-order valence-corrected chi connectivity index (χ3v) is 7.60. The van der Waals surface area contributed by atoms with E-state index in [1.54, 1.807) is 24.0 Å². The average molecular weight is 487 g/mol. The maximum atomic E-state index is 12.7. The van der Waals surface area contributed by atoms with Gasteiger partial charge >= 0.3 is 6.03 Å². The van der Waals surface area contributed by atoms with Gasteiger partial charge in [0.15, 0.2) is 0 Å². The van der Waals surface area contributed by atoms with Gasteiger partial charge in [-0.2, -0.15) is 0 Å². The van der Waals surface area contributed by atoms with Gasteiger partial charge in [-0.15, -0.1) is 0 Å². The van der Waals surface area contributed by atoms with E-state index in [2.05, 4.69) is 15.4 Å². The summed E-state index contributed by atoms with van der Waals surface area (Å²) in [6, 6.07) is 12.6. The van der Waals surface area contributed by atoms with Crippen molar-refractivity contribution in [1.82, 2.24) is 14.9 Å². The van der Waals surface area contributed by atoms with Gasteiger partial charge in [-0.25, -0.2) is 17.9 Å². The number of hydrogen-bond acceptors (Lipinski definition) is 4. The van der Waals surface area contributed by atoms with Crippen molar-refractivity contribution >= 4 is 27.6 Å². The quantitative estimate of drug-likeness (QED) is 0.532. The van der Waals surface area contributed by atoms with E-state index in [0.29, 0.717) is 25.2 Å². The molecule has 3 amide bonds. The molecule has 9 heteroatoms. The molecular formula is C25H34N4O4S. The average Bonchev–Trinajstić information content (AvgIpc) is 2.80. The molecule has 3 N–H and O–H groups in total. The highest BCUT2D eigenvalue weighted by atomic mass is 32.2. The van der Waals surface area contributed by atoms with Crippen molar-refractivity contribution < 1.29 is 18.0 Å². The predicted molar refractivity (Wildman–Crippen MR) is 133 cm³/mol. The second-order valence-corrected chi connectivity index (χ2v) is 10.7. The van der Waals surface area contributed by atoms with E-state index in [0.717, 1.165) is 29.7 Å². The Hall–Kier alpha value is -2.91. The van der Waals surface area contributed by atoms with Crippen LogP contribution in [0.3, 0.4) is 0 Å². The fraction of sp³-hybridized carbons (Fsp3) is 0.440. The van der Waals surface area contributed by atoms with Crippen molar-refractivity contribution in [2.45, 2.75) is 44.9 Å². The molecule has 34 heavy (non-hydrogen) atoms. The number of hydrogen-bond donors (Lipinski definition) is 3. The number of nitrogens with zero attached hydrogens (tertiary/aromatic N) is 1. The Labute approximate surface area is 202 Å². The molecule has 0 saturated carbocycles. The first-order valence-electron chi connectivity index (χ1n) is 11.6. The molecule has 0 radical (unpaired) electrons. The van der Waals surface area contributed by atoms with Gasteiger partial charge in [0.1, 0.15) is 0 Å². The Bertz CT molecular complexity index is 1120. The molecule has 1 atom stereocenters. The van der Waals surface area contributed by atoms with Gasteiger partial charge in [-0.3, -0.25) is 4.79 Å². The smallest absolute Gasteiger partial charge is 0.319 e. The molecule has 1 fully saturated rings. The van der Waals surface area contributed by atoms with Crippen LogP contribution < -0.4 is 15.4 Å². The fourth-order valence-corrected chi connectivity index (χ4v) is 5.39.